The molecule has 0 heterocycles. The van der Waals surface area contributed by atoms with Gasteiger partial charge in [-0.15, -0.1) is 0 Å². The van der Waals surface area contributed by atoms with Gasteiger partial charge in [-0.05, 0) is 11.9 Å². The molecule has 0 unspecified atom stereocenters. The molecule has 15 heavy (non-hydrogen) atoms. The molecule has 0 saturated heterocycles. The molecule has 0 amide bonds. The van der Waals surface area contributed by atoms with Crippen LogP contribution in [0.4, 0.5) is 0 Å². The predicted octanol–water partition coefficient (Wildman–Crippen LogP) is 5.57. The zero-order chi connectivity index (χ0) is 11.6. The minimum atomic E-state index is 0.175. The highest BCUT2D eigenvalue weighted by atomic mass is 35.5. The van der Waals surface area contributed by atoms with Gasteiger partial charge in [0.25, 0.3) is 0 Å². The molecule has 7 heteroatoms. The van der Waals surface area contributed by atoms with E-state index in [0.717, 1.165) is 6.54 Å². The van der Waals surface area contributed by atoms with E-state index in [0.29, 0.717) is 14.9 Å². The molecule has 1 rings (SSSR count). The lowest BCUT2D eigenvalue weighted by Gasteiger charge is -2.11. The van der Waals surface area contributed by atoms with Crippen LogP contribution in [0.15, 0.2) is 4.90 Å². The van der Waals surface area contributed by atoms with E-state index in [2.05, 4.69) is 4.72 Å². The molecule has 84 valence electrons. The maximum absolute atomic E-state index is 5.99. The van der Waals surface area contributed by atoms with Crippen molar-refractivity contribution in [1.29, 1.82) is 0 Å². The second kappa shape index (κ2) is 6.06. The van der Waals surface area contributed by atoms with E-state index < -0.39 is 0 Å². The van der Waals surface area contributed by atoms with Gasteiger partial charge in [-0.2, -0.15) is 0 Å². The van der Waals surface area contributed by atoms with Gasteiger partial charge in [0.1, 0.15) is 0 Å². The molecular formula is C8H6Cl5NS. The highest BCUT2D eigenvalue weighted by molar-refractivity contribution is 7.97. The van der Waals surface area contributed by atoms with Gasteiger partial charge in [0.05, 0.1) is 30.0 Å². The number of rotatable bonds is 3. The Hall–Kier alpha value is 0.980. The third-order valence-electron chi connectivity index (χ3n) is 1.49. The second-order valence-corrected chi connectivity index (χ2v) is 5.29. The van der Waals surface area contributed by atoms with Gasteiger partial charge in [0.2, 0.25) is 0 Å². The first kappa shape index (κ1) is 14.0. The maximum atomic E-state index is 5.99. The molecule has 1 N–H and O–H groups in total. The van der Waals surface area contributed by atoms with Gasteiger partial charge >= 0.3 is 0 Å². The fraction of sp³-hybridized carbons (Fsp3) is 0.250. The topological polar surface area (TPSA) is 12.0 Å². The van der Waals surface area contributed by atoms with E-state index in [-0.39, 0.29) is 15.1 Å². The summed E-state index contributed by atoms with van der Waals surface area (Å²) in [6.45, 7) is 2.71. The van der Waals surface area contributed by atoms with Crippen molar-refractivity contribution in [2.75, 3.05) is 6.54 Å². The lowest BCUT2D eigenvalue weighted by molar-refractivity contribution is 1.03. The molecule has 0 aliphatic carbocycles. The third kappa shape index (κ3) is 3.01. The standard InChI is InChI=1S/C8H6Cl5NS/c1-2-14-15-8-6(12)4(10)3(9)5(11)7(8)13/h14H,2H2,1H3. The van der Waals surface area contributed by atoms with E-state index in [4.69, 9.17) is 58.0 Å². The minimum absolute atomic E-state index is 0.175. The fourth-order valence-corrected chi connectivity index (χ4v) is 2.97. The Morgan fingerprint density at radius 1 is 0.867 bits per heavy atom. The molecule has 1 nitrogen and oxygen atoms in total. The Morgan fingerprint density at radius 2 is 1.27 bits per heavy atom. The molecular weight excluding hydrogens is 319 g/mol. The summed E-state index contributed by atoms with van der Waals surface area (Å²) in [6.07, 6.45) is 0. The maximum Gasteiger partial charge on any atom is 0.0809 e. The summed E-state index contributed by atoms with van der Waals surface area (Å²) < 4.78 is 3.01. The first-order valence-electron chi connectivity index (χ1n) is 3.91. The molecule has 0 atom stereocenters. The monoisotopic (exact) mass is 323 g/mol. The Labute approximate surface area is 117 Å². The number of hydrogen-bond acceptors (Lipinski definition) is 2. The van der Waals surface area contributed by atoms with Crippen molar-refractivity contribution in [2.24, 2.45) is 0 Å². The van der Waals surface area contributed by atoms with Gasteiger partial charge in [0.15, 0.2) is 0 Å². The summed E-state index contributed by atoms with van der Waals surface area (Å²) in [6, 6.07) is 0. The Kier molecular flexibility index (Phi) is 5.67. The minimum Gasteiger partial charge on any atom is -0.260 e. The van der Waals surface area contributed by atoms with Crippen molar-refractivity contribution < 1.29 is 0 Å². The molecule has 1 aromatic rings. The van der Waals surface area contributed by atoms with Crippen molar-refractivity contribution in [3.8, 4) is 0 Å². The third-order valence-corrected chi connectivity index (χ3v) is 5.03. The van der Waals surface area contributed by atoms with Crippen LogP contribution >= 0.6 is 70.0 Å². The molecule has 0 fully saturated rings. The lowest BCUT2D eigenvalue weighted by Crippen LogP contribution is -2.01. The molecule has 0 saturated carbocycles. The summed E-state index contributed by atoms with van der Waals surface area (Å²) in [4.78, 5) is 0.583. The van der Waals surface area contributed by atoms with E-state index in [1.807, 2.05) is 6.92 Å². The van der Waals surface area contributed by atoms with Gasteiger partial charge in [-0.3, -0.25) is 4.72 Å². The number of hydrogen-bond donors (Lipinski definition) is 1. The van der Waals surface area contributed by atoms with Crippen LogP contribution in [0.25, 0.3) is 0 Å². The first-order chi connectivity index (χ1) is 7.00. The van der Waals surface area contributed by atoms with Crippen LogP contribution in [0, 0.1) is 0 Å². The largest absolute Gasteiger partial charge is 0.260 e. The van der Waals surface area contributed by atoms with Crippen LogP contribution < -0.4 is 4.72 Å². The van der Waals surface area contributed by atoms with Gasteiger partial charge in [-0.25, -0.2) is 0 Å². The molecule has 0 aliphatic rings. The van der Waals surface area contributed by atoms with Crippen LogP contribution in [0.1, 0.15) is 6.92 Å². The predicted molar refractivity (Wildman–Crippen MR) is 71.0 cm³/mol. The Balaban J connectivity index is 3.26. The lowest BCUT2D eigenvalue weighted by atomic mass is 10.3. The van der Waals surface area contributed by atoms with Crippen molar-refractivity contribution in [3.63, 3.8) is 0 Å². The summed E-state index contributed by atoms with van der Waals surface area (Å²) in [5, 5.41) is 1.22. The summed E-state index contributed by atoms with van der Waals surface area (Å²) in [7, 11) is 0. The molecule has 0 spiro atoms. The first-order valence-corrected chi connectivity index (χ1v) is 6.62. The highest BCUT2D eigenvalue weighted by Gasteiger charge is 2.19. The van der Waals surface area contributed by atoms with Crippen LogP contribution in [-0.2, 0) is 0 Å². The Morgan fingerprint density at radius 3 is 1.67 bits per heavy atom. The average Bonchev–Trinajstić information content (AvgIpc) is 2.24. The van der Waals surface area contributed by atoms with Crippen molar-refractivity contribution >= 4 is 70.0 Å². The van der Waals surface area contributed by atoms with Crippen LogP contribution in [0.5, 0.6) is 0 Å². The molecule has 0 aliphatic heterocycles. The van der Waals surface area contributed by atoms with Crippen molar-refractivity contribution in [2.45, 2.75) is 11.8 Å². The Bertz CT molecular complexity index is 353. The van der Waals surface area contributed by atoms with Crippen LogP contribution in [0.2, 0.25) is 25.1 Å². The van der Waals surface area contributed by atoms with Crippen molar-refractivity contribution in [3.05, 3.63) is 25.1 Å². The molecule has 0 radical (unpaired) electrons. The van der Waals surface area contributed by atoms with Gasteiger partial charge in [0, 0.05) is 6.54 Å². The van der Waals surface area contributed by atoms with Crippen molar-refractivity contribution in [1.82, 2.24) is 4.72 Å². The summed E-state index contributed by atoms with van der Waals surface area (Å²) in [5.41, 5.74) is 0. The van der Waals surface area contributed by atoms with E-state index in [9.17, 15) is 0 Å². The van der Waals surface area contributed by atoms with E-state index in [1.165, 1.54) is 11.9 Å². The number of nitrogens with one attached hydrogen (secondary N) is 1. The van der Waals surface area contributed by atoms with Gasteiger partial charge in [-0.1, -0.05) is 64.9 Å². The zero-order valence-electron chi connectivity index (χ0n) is 7.51. The molecule has 1 aromatic carbocycles. The zero-order valence-corrected chi connectivity index (χ0v) is 12.1. The fourth-order valence-electron chi connectivity index (χ4n) is 0.819. The van der Waals surface area contributed by atoms with E-state index >= 15 is 0 Å². The molecule has 0 bridgehead atoms. The number of benzene rings is 1. The van der Waals surface area contributed by atoms with Crippen LogP contribution in [0.3, 0.4) is 0 Å². The van der Waals surface area contributed by atoms with Crippen LogP contribution in [-0.4, -0.2) is 6.54 Å². The van der Waals surface area contributed by atoms with Gasteiger partial charge < -0.3 is 0 Å². The van der Waals surface area contributed by atoms with E-state index in [1.54, 1.807) is 0 Å². The smallest absolute Gasteiger partial charge is 0.0809 e. The second-order valence-electron chi connectivity index (χ2n) is 2.50. The summed E-state index contributed by atoms with van der Waals surface area (Å²) in [5.74, 6) is 0. The average molecular weight is 325 g/mol. The normalized spacial score (nSPS) is 10.8. The SMILES string of the molecule is CCNSc1c(Cl)c(Cl)c(Cl)c(Cl)c1Cl. The summed E-state index contributed by atoms with van der Waals surface area (Å²) >= 11 is 30.9. The quantitative estimate of drug-likeness (QED) is 0.443. The highest BCUT2D eigenvalue weighted by Crippen LogP contribution is 2.47. The number of halogens is 5. The molecule has 0 aromatic heterocycles.